The van der Waals surface area contributed by atoms with Crippen molar-refractivity contribution in [3.63, 3.8) is 0 Å². The first-order valence-corrected chi connectivity index (χ1v) is 6.95. The highest BCUT2D eigenvalue weighted by Crippen LogP contribution is 2.29. The van der Waals surface area contributed by atoms with E-state index in [1.54, 1.807) is 0 Å². The number of hydrogen-bond donors (Lipinski definition) is 1. The van der Waals surface area contributed by atoms with E-state index >= 15 is 0 Å². The van der Waals surface area contributed by atoms with Gasteiger partial charge in [0.05, 0.1) is 5.92 Å². The van der Waals surface area contributed by atoms with Gasteiger partial charge in [-0.3, -0.25) is 4.79 Å². The summed E-state index contributed by atoms with van der Waals surface area (Å²) < 4.78 is 0. The minimum Gasteiger partial charge on any atom is -0.345 e. The summed E-state index contributed by atoms with van der Waals surface area (Å²) in [4.78, 5) is 14.2. The van der Waals surface area contributed by atoms with E-state index in [-0.39, 0.29) is 5.92 Å². The summed E-state index contributed by atoms with van der Waals surface area (Å²) in [6.45, 7) is 5.96. The predicted molar refractivity (Wildman–Crippen MR) is 71.8 cm³/mol. The highest BCUT2D eigenvalue weighted by atomic mass is 16.2. The van der Waals surface area contributed by atoms with Crippen LogP contribution in [0.2, 0.25) is 0 Å². The molecule has 1 rings (SSSR count). The summed E-state index contributed by atoms with van der Waals surface area (Å²) in [6, 6.07) is 0. The van der Waals surface area contributed by atoms with Gasteiger partial charge in [0.1, 0.15) is 0 Å². The Morgan fingerprint density at radius 2 is 2.06 bits per heavy atom. The van der Waals surface area contributed by atoms with Gasteiger partial charge in [-0.25, -0.2) is 0 Å². The predicted octanol–water partition coefficient (Wildman–Crippen LogP) is 2.13. The molecule has 0 aromatic heterocycles. The number of nitrogens with zero attached hydrogens (tertiary/aromatic N) is 1. The maximum Gasteiger partial charge on any atom is 0.226 e. The van der Waals surface area contributed by atoms with Crippen molar-refractivity contribution in [3.05, 3.63) is 0 Å². The Morgan fingerprint density at radius 1 is 1.41 bits per heavy atom. The van der Waals surface area contributed by atoms with Crippen LogP contribution in [0.15, 0.2) is 0 Å². The summed E-state index contributed by atoms with van der Waals surface area (Å²) in [6.07, 6.45) is 5.31. The van der Waals surface area contributed by atoms with Gasteiger partial charge in [0, 0.05) is 20.1 Å². The Labute approximate surface area is 106 Å². The molecular weight excluding hydrogens is 212 g/mol. The molecule has 1 atom stereocenters. The van der Waals surface area contributed by atoms with Crippen LogP contribution in [0.1, 0.15) is 39.5 Å². The molecule has 17 heavy (non-hydrogen) atoms. The first-order valence-electron chi connectivity index (χ1n) is 6.95. The molecule has 1 N–H and O–H groups in total. The molecule has 100 valence electrons. The Balaban J connectivity index is 2.36. The molecule has 0 aromatic carbocycles. The first-order chi connectivity index (χ1) is 8.06. The number of rotatable bonds is 7. The monoisotopic (exact) mass is 240 g/mol. The maximum atomic E-state index is 12.3. The summed E-state index contributed by atoms with van der Waals surface area (Å²) in [5, 5.41) is 3.12. The smallest absolute Gasteiger partial charge is 0.226 e. The number of amides is 1. The molecule has 0 aromatic rings. The highest BCUT2D eigenvalue weighted by Gasteiger charge is 2.25. The lowest BCUT2D eigenvalue weighted by Crippen LogP contribution is -2.41. The number of carbonyl (C=O) groups excluding carboxylic acids is 1. The fourth-order valence-corrected chi connectivity index (χ4v) is 2.38. The van der Waals surface area contributed by atoms with E-state index in [9.17, 15) is 4.79 Å². The van der Waals surface area contributed by atoms with Crippen LogP contribution in [-0.4, -0.2) is 38.0 Å². The Kier molecular flexibility index (Phi) is 5.96. The number of carbonyl (C=O) groups is 1. The lowest BCUT2D eigenvalue weighted by atomic mass is 9.83. The molecule has 1 amide bonds. The van der Waals surface area contributed by atoms with Crippen molar-refractivity contribution in [1.29, 1.82) is 0 Å². The zero-order valence-corrected chi connectivity index (χ0v) is 11.8. The third-order valence-corrected chi connectivity index (χ3v) is 4.02. The van der Waals surface area contributed by atoms with E-state index in [1.807, 2.05) is 19.0 Å². The quantitative estimate of drug-likeness (QED) is 0.739. The van der Waals surface area contributed by atoms with E-state index in [4.69, 9.17) is 0 Å². The maximum absolute atomic E-state index is 12.3. The summed E-state index contributed by atoms with van der Waals surface area (Å²) in [5.41, 5.74) is 0. The van der Waals surface area contributed by atoms with Crippen LogP contribution in [0, 0.1) is 17.8 Å². The largest absolute Gasteiger partial charge is 0.345 e. The van der Waals surface area contributed by atoms with E-state index in [2.05, 4.69) is 19.2 Å². The van der Waals surface area contributed by atoms with Gasteiger partial charge < -0.3 is 10.2 Å². The molecule has 0 radical (unpaired) electrons. The summed E-state index contributed by atoms with van der Waals surface area (Å²) >= 11 is 0. The van der Waals surface area contributed by atoms with Gasteiger partial charge in [0.15, 0.2) is 0 Å². The van der Waals surface area contributed by atoms with Gasteiger partial charge in [-0.15, -0.1) is 0 Å². The molecule has 0 spiro atoms. The van der Waals surface area contributed by atoms with Gasteiger partial charge in [0.2, 0.25) is 5.91 Å². The van der Waals surface area contributed by atoms with Crippen LogP contribution in [0.25, 0.3) is 0 Å². The molecule has 3 nitrogen and oxygen atoms in total. The van der Waals surface area contributed by atoms with E-state index < -0.39 is 0 Å². The molecule has 0 heterocycles. The SMILES string of the molecule is CNCC(C(=O)N(C)CCC1CCC1)C(C)C. The Bertz CT molecular complexity index is 236. The van der Waals surface area contributed by atoms with Crippen molar-refractivity contribution in [2.24, 2.45) is 17.8 Å². The summed E-state index contributed by atoms with van der Waals surface area (Å²) in [7, 11) is 3.86. The van der Waals surface area contributed by atoms with Crippen LogP contribution in [0.5, 0.6) is 0 Å². The molecule has 0 bridgehead atoms. The van der Waals surface area contributed by atoms with Crippen LogP contribution >= 0.6 is 0 Å². The summed E-state index contributed by atoms with van der Waals surface area (Å²) in [5.74, 6) is 1.70. The normalized spacial score (nSPS) is 17.9. The molecule has 0 saturated heterocycles. The molecule has 1 aliphatic rings. The van der Waals surface area contributed by atoms with Gasteiger partial charge in [-0.1, -0.05) is 33.1 Å². The average Bonchev–Trinajstić information content (AvgIpc) is 2.22. The second-order valence-electron chi connectivity index (χ2n) is 5.75. The minimum absolute atomic E-state index is 0.117. The average molecular weight is 240 g/mol. The molecule has 3 heteroatoms. The molecule has 1 unspecified atom stereocenters. The second-order valence-corrected chi connectivity index (χ2v) is 5.75. The first kappa shape index (κ1) is 14.5. The fraction of sp³-hybridized carbons (Fsp3) is 0.929. The highest BCUT2D eigenvalue weighted by molar-refractivity contribution is 5.79. The van der Waals surface area contributed by atoms with Crippen molar-refractivity contribution in [2.45, 2.75) is 39.5 Å². The second kappa shape index (κ2) is 7.00. The Morgan fingerprint density at radius 3 is 2.47 bits per heavy atom. The van der Waals surface area contributed by atoms with Gasteiger partial charge in [-0.05, 0) is 25.3 Å². The number of nitrogens with one attached hydrogen (secondary N) is 1. The third kappa shape index (κ3) is 4.30. The van der Waals surface area contributed by atoms with Crippen molar-refractivity contribution in [2.75, 3.05) is 27.2 Å². The standard InChI is InChI=1S/C14H28N2O/c1-11(2)13(10-15-3)14(17)16(4)9-8-12-6-5-7-12/h11-13,15H,5-10H2,1-4H3. The van der Waals surface area contributed by atoms with E-state index in [0.29, 0.717) is 11.8 Å². The third-order valence-electron chi connectivity index (χ3n) is 4.02. The fourth-order valence-electron chi connectivity index (χ4n) is 2.38. The molecule has 0 aliphatic heterocycles. The molecule has 1 saturated carbocycles. The zero-order chi connectivity index (χ0) is 12.8. The van der Waals surface area contributed by atoms with Crippen LogP contribution in [0.4, 0.5) is 0 Å². The molecular formula is C14H28N2O. The van der Waals surface area contributed by atoms with Gasteiger partial charge in [0.25, 0.3) is 0 Å². The Hall–Kier alpha value is -0.570. The van der Waals surface area contributed by atoms with E-state index in [1.165, 1.54) is 25.7 Å². The van der Waals surface area contributed by atoms with Crippen molar-refractivity contribution in [1.82, 2.24) is 10.2 Å². The zero-order valence-electron chi connectivity index (χ0n) is 11.8. The van der Waals surface area contributed by atoms with E-state index in [0.717, 1.165) is 19.0 Å². The molecule has 1 fully saturated rings. The molecule has 1 aliphatic carbocycles. The van der Waals surface area contributed by atoms with Crippen molar-refractivity contribution in [3.8, 4) is 0 Å². The van der Waals surface area contributed by atoms with Crippen molar-refractivity contribution >= 4 is 5.91 Å². The lowest BCUT2D eigenvalue weighted by Gasteiger charge is -2.30. The van der Waals surface area contributed by atoms with Crippen LogP contribution in [0.3, 0.4) is 0 Å². The van der Waals surface area contributed by atoms with Crippen LogP contribution in [-0.2, 0) is 4.79 Å². The van der Waals surface area contributed by atoms with Crippen LogP contribution < -0.4 is 5.32 Å². The number of hydrogen-bond acceptors (Lipinski definition) is 2. The van der Waals surface area contributed by atoms with Gasteiger partial charge in [-0.2, -0.15) is 0 Å². The van der Waals surface area contributed by atoms with Crippen molar-refractivity contribution < 1.29 is 4.79 Å². The topological polar surface area (TPSA) is 32.3 Å². The van der Waals surface area contributed by atoms with Gasteiger partial charge >= 0.3 is 0 Å². The lowest BCUT2D eigenvalue weighted by molar-refractivity contribution is -0.135. The minimum atomic E-state index is 0.117.